The second kappa shape index (κ2) is 4.65. The first kappa shape index (κ1) is 14.9. The van der Waals surface area contributed by atoms with Crippen molar-refractivity contribution in [2.24, 2.45) is 0 Å². The topological polar surface area (TPSA) is 27.7 Å². The minimum absolute atomic E-state index is 0.440. The van der Waals surface area contributed by atoms with Crippen molar-refractivity contribution in [2.45, 2.75) is 62.1 Å². The highest BCUT2D eigenvalue weighted by molar-refractivity contribution is 6.13. The Bertz CT molecular complexity index is 1110. The van der Waals surface area contributed by atoms with Gasteiger partial charge in [-0.1, -0.05) is 48.5 Å². The molecule has 1 spiro atoms. The first-order valence-corrected chi connectivity index (χ1v) is 10.3. The predicted molar refractivity (Wildman–Crippen MR) is 104 cm³/mol. The monoisotopic (exact) mass is 358 g/mol. The molecule has 2 atom stereocenters. The van der Waals surface area contributed by atoms with Crippen LogP contribution in [0.3, 0.4) is 0 Å². The van der Waals surface area contributed by atoms with Crippen LogP contribution >= 0.6 is 0 Å². The maximum absolute atomic E-state index is 6.97. The fraction of sp³-hybridized carbons (Fsp3) is 0.417. The molecule has 0 aromatic heterocycles. The molecule has 1 saturated heterocycles. The lowest BCUT2D eigenvalue weighted by atomic mass is 9.84. The molecule has 3 heteroatoms. The van der Waals surface area contributed by atoms with Gasteiger partial charge >= 0.3 is 0 Å². The van der Waals surface area contributed by atoms with Gasteiger partial charge in [-0.2, -0.15) is 0 Å². The van der Waals surface area contributed by atoms with Crippen molar-refractivity contribution in [3.63, 3.8) is 0 Å². The van der Waals surface area contributed by atoms with Gasteiger partial charge in [0.1, 0.15) is 5.75 Å². The summed E-state index contributed by atoms with van der Waals surface area (Å²) in [6.07, 6.45) is 7.29. The Morgan fingerprint density at radius 3 is 2.07 bits per heavy atom. The van der Waals surface area contributed by atoms with Crippen molar-refractivity contribution >= 4 is 21.5 Å². The van der Waals surface area contributed by atoms with E-state index in [1.54, 1.807) is 0 Å². The number of hydrogen-bond donors (Lipinski definition) is 0. The van der Waals surface area contributed by atoms with Crippen LogP contribution in [0.5, 0.6) is 5.75 Å². The average molecular weight is 358 g/mol. The Morgan fingerprint density at radius 2 is 1.30 bits per heavy atom. The van der Waals surface area contributed by atoms with Gasteiger partial charge in [-0.05, 0) is 41.8 Å². The maximum atomic E-state index is 6.97. The molecule has 0 bridgehead atoms. The van der Waals surface area contributed by atoms with E-state index in [2.05, 4.69) is 48.5 Å². The molecule has 3 fully saturated rings. The zero-order valence-electron chi connectivity index (χ0n) is 15.3. The lowest BCUT2D eigenvalue weighted by Gasteiger charge is -2.29. The fourth-order valence-corrected chi connectivity index (χ4v) is 6.28. The van der Waals surface area contributed by atoms with Gasteiger partial charge in [0.05, 0.1) is 0 Å². The van der Waals surface area contributed by atoms with Gasteiger partial charge < -0.3 is 14.2 Å². The minimum Gasteiger partial charge on any atom is -0.458 e. The molecule has 27 heavy (non-hydrogen) atoms. The molecule has 0 radical (unpaired) electrons. The van der Waals surface area contributed by atoms with E-state index in [1.807, 2.05) is 0 Å². The smallest absolute Gasteiger partial charge is 0.246 e. The zero-order valence-corrected chi connectivity index (χ0v) is 15.3. The second-order valence-electron chi connectivity index (χ2n) is 8.65. The first-order chi connectivity index (χ1) is 13.3. The van der Waals surface area contributed by atoms with Gasteiger partial charge in [-0.25, -0.2) is 0 Å². The van der Waals surface area contributed by atoms with Gasteiger partial charge in [-0.3, -0.25) is 0 Å². The highest BCUT2D eigenvalue weighted by Crippen LogP contribution is 2.69. The summed E-state index contributed by atoms with van der Waals surface area (Å²) in [4.78, 5) is 0. The second-order valence-corrected chi connectivity index (χ2v) is 8.65. The van der Waals surface area contributed by atoms with Gasteiger partial charge in [0.15, 0.2) is 11.4 Å². The molecule has 0 unspecified atom stereocenters. The Balaban J connectivity index is 1.60. The fourth-order valence-electron chi connectivity index (χ4n) is 6.28. The molecule has 7 rings (SSSR count). The predicted octanol–water partition coefficient (Wildman–Crippen LogP) is 5.78. The summed E-state index contributed by atoms with van der Waals surface area (Å²) < 4.78 is 20.5. The summed E-state index contributed by atoms with van der Waals surface area (Å²) in [7, 11) is 0. The van der Waals surface area contributed by atoms with Crippen molar-refractivity contribution in [3.8, 4) is 5.75 Å². The molecule has 2 saturated carbocycles. The number of ether oxygens (including phenoxy) is 3. The molecule has 0 amide bonds. The van der Waals surface area contributed by atoms with Crippen LogP contribution in [-0.4, -0.2) is 11.6 Å². The molecule has 3 nitrogen and oxygen atoms in total. The Labute approximate surface area is 158 Å². The molecule has 3 aromatic rings. The van der Waals surface area contributed by atoms with Crippen molar-refractivity contribution in [1.82, 2.24) is 0 Å². The molecular formula is C24H22O3. The van der Waals surface area contributed by atoms with E-state index in [0.29, 0.717) is 0 Å². The van der Waals surface area contributed by atoms with E-state index in [1.165, 1.54) is 39.9 Å². The van der Waals surface area contributed by atoms with Crippen molar-refractivity contribution < 1.29 is 14.2 Å². The van der Waals surface area contributed by atoms with Gasteiger partial charge in [0.25, 0.3) is 0 Å². The quantitative estimate of drug-likeness (QED) is 0.477. The third kappa shape index (κ3) is 1.59. The standard InChI is InChI=1S/C24H22O3/c1-3-10-18-16(8-1)17-9-2-4-11-19(17)21-20(18)23-14-7-15-24(23,25-21)27-22(26-23)12-5-6-13-22/h1-4,8-11H,5-7,12-15H2/t23-,24-/m0/s1. The zero-order chi connectivity index (χ0) is 17.7. The van der Waals surface area contributed by atoms with Crippen LogP contribution in [0.1, 0.15) is 50.5 Å². The van der Waals surface area contributed by atoms with Crippen LogP contribution in [-0.2, 0) is 15.1 Å². The van der Waals surface area contributed by atoms with E-state index in [9.17, 15) is 0 Å². The molecule has 2 aliphatic heterocycles. The third-order valence-electron chi connectivity index (χ3n) is 7.28. The maximum Gasteiger partial charge on any atom is 0.246 e. The van der Waals surface area contributed by atoms with Crippen molar-refractivity contribution in [2.75, 3.05) is 0 Å². The number of fused-ring (bicyclic) bond motifs is 6. The molecule has 2 aliphatic carbocycles. The largest absolute Gasteiger partial charge is 0.458 e. The van der Waals surface area contributed by atoms with Crippen LogP contribution in [0.4, 0.5) is 0 Å². The summed E-state index contributed by atoms with van der Waals surface area (Å²) in [5.41, 5.74) is 0.772. The summed E-state index contributed by atoms with van der Waals surface area (Å²) in [6, 6.07) is 17.3. The van der Waals surface area contributed by atoms with Gasteiger partial charge in [0, 0.05) is 30.2 Å². The molecule has 2 heterocycles. The lowest BCUT2D eigenvalue weighted by Crippen LogP contribution is -2.44. The molecule has 4 aliphatic rings. The molecule has 136 valence electrons. The van der Waals surface area contributed by atoms with E-state index in [4.69, 9.17) is 14.2 Å². The van der Waals surface area contributed by atoms with Gasteiger partial charge in [0.2, 0.25) is 5.79 Å². The lowest BCUT2D eigenvalue weighted by molar-refractivity contribution is -0.232. The highest BCUT2D eigenvalue weighted by Gasteiger charge is 2.75. The average Bonchev–Trinajstić information content (AvgIpc) is 3.38. The summed E-state index contributed by atoms with van der Waals surface area (Å²) in [5.74, 6) is -0.103. The summed E-state index contributed by atoms with van der Waals surface area (Å²) >= 11 is 0. The Hall–Kier alpha value is -2.10. The first-order valence-electron chi connectivity index (χ1n) is 10.3. The van der Waals surface area contributed by atoms with Crippen LogP contribution in [0, 0.1) is 0 Å². The van der Waals surface area contributed by atoms with Crippen molar-refractivity contribution in [1.29, 1.82) is 0 Å². The molecular weight excluding hydrogens is 336 g/mol. The van der Waals surface area contributed by atoms with E-state index >= 15 is 0 Å². The SMILES string of the molecule is c1ccc2c(c1)c1c(c3ccccc32)[C@@]23CCC[C@]2(O1)OC1(CCCC1)O3. The molecule has 0 N–H and O–H groups in total. The van der Waals surface area contributed by atoms with Crippen molar-refractivity contribution in [3.05, 3.63) is 54.1 Å². The molecule has 3 aromatic carbocycles. The summed E-state index contributed by atoms with van der Waals surface area (Å²) in [5, 5.41) is 4.96. The number of rotatable bonds is 0. The Kier molecular flexibility index (Phi) is 2.57. The van der Waals surface area contributed by atoms with E-state index < -0.39 is 17.2 Å². The van der Waals surface area contributed by atoms with Crippen LogP contribution < -0.4 is 4.74 Å². The number of hydrogen-bond acceptors (Lipinski definition) is 3. The number of benzene rings is 3. The van der Waals surface area contributed by atoms with Crippen LogP contribution in [0.15, 0.2) is 48.5 Å². The van der Waals surface area contributed by atoms with Crippen LogP contribution in [0.25, 0.3) is 21.5 Å². The third-order valence-corrected chi connectivity index (χ3v) is 7.28. The van der Waals surface area contributed by atoms with E-state index in [-0.39, 0.29) is 0 Å². The highest BCUT2D eigenvalue weighted by atomic mass is 16.9. The normalized spacial score (nSPS) is 32.7. The van der Waals surface area contributed by atoms with E-state index in [0.717, 1.165) is 37.9 Å². The van der Waals surface area contributed by atoms with Crippen LogP contribution in [0.2, 0.25) is 0 Å². The van der Waals surface area contributed by atoms with Gasteiger partial charge in [-0.15, -0.1) is 0 Å². The summed E-state index contributed by atoms with van der Waals surface area (Å²) in [6.45, 7) is 0. The Morgan fingerprint density at radius 1 is 0.630 bits per heavy atom. The minimum atomic E-state index is -0.646.